The van der Waals surface area contributed by atoms with E-state index in [1.807, 2.05) is 0 Å². The SMILES string of the molecule is Cc1c(CC(=O)O)nnn1-c1ccccc1F. The molecule has 0 saturated heterocycles. The number of nitrogens with zero attached hydrogens (tertiary/aromatic N) is 3. The van der Waals surface area contributed by atoms with Crippen molar-refractivity contribution in [3.8, 4) is 5.69 Å². The second-order valence-corrected chi connectivity index (χ2v) is 3.56. The van der Waals surface area contributed by atoms with Crippen LogP contribution in [0.4, 0.5) is 4.39 Å². The number of benzene rings is 1. The van der Waals surface area contributed by atoms with Crippen molar-refractivity contribution >= 4 is 5.97 Å². The molecule has 2 aromatic rings. The van der Waals surface area contributed by atoms with Crippen LogP contribution in [-0.2, 0) is 11.2 Å². The van der Waals surface area contributed by atoms with Crippen molar-refractivity contribution in [1.29, 1.82) is 0 Å². The van der Waals surface area contributed by atoms with E-state index in [2.05, 4.69) is 10.3 Å². The fourth-order valence-corrected chi connectivity index (χ4v) is 1.52. The van der Waals surface area contributed by atoms with Crippen LogP contribution < -0.4 is 0 Å². The Bertz CT molecular complexity index is 566. The molecular weight excluding hydrogens is 225 g/mol. The first-order valence-electron chi connectivity index (χ1n) is 4.97. The lowest BCUT2D eigenvalue weighted by Crippen LogP contribution is -2.04. The molecule has 0 radical (unpaired) electrons. The predicted octanol–water partition coefficient (Wildman–Crippen LogP) is 1.34. The second kappa shape index (κ2) is 4.32. The van der Waals surface area contributed by atoms with E-state index in [0.29, 0.717) is 11.4 Å². The molecular formula is C11H10FN3O2. The van der Waals surface area contributed by atoms with Crippen molar-refractivity contribution in [1.82, 2.24) is 15.0 Å². The molecule has 88 valence electrons. The molecule has 0 aliphatic rings. The van der Waals surface area contributed by atoms with Crippen LogP contribution in [0.3, 0.4) is 0 Å². The Kier molecular flexibility index (Phi) is 2.86. The Balaban J connectivity index is 2.44. The molecule has 0 aliphatic carbocycles. The van der Waals surface area contributed by atoms with E-state index in [1.54, 1.807) is 25.1 Å². The molecule has 0 fully saturated rings. The third-order valence-corrected chi connectivity index (χ3v) is 2.39. The highest BCUT2D eigenvalue weighted by atomic mass is 19.1. The summed E-state index contributed by atoms with van der Waals surface area (Å²) in [6, 6.07) is 6.12. The number of hydrogen-bond donors (Lipinski definition) is 1. The van der Waals surface area contributed by atoms with Crippen LogP contribution in [0.5, 0.6) is 0 Å². The number of hydrogen-bond acceptors (Lipinski definition) is 3. The number of aromatic nitrogens is 3. The van der Waals surface area contributed by atoms with Gasteiger partial charge in [0, 0.05) is 0 Å². The molecule has 0 atom stereocenters. The summed E-state index contributed by atoms with van der Waals surface area (Å²) >= 11 is 0. The van der Waals surface area contributed by atoms with E-state index in [9.17, 15) is 9.18 Å². The summed E-state index contributed by atoms with van der Waals surface area (Å²) in [6.45, 7) is 1.66. The van der Waals surface area contributed by atoms with Crippen molar-refractivity contribution in [2.45, 2.75) is 13.3 Å². The van der Waals surface area contributed by atoms with Gasteiger partial charge in [-0.3, -0.25) is 4.79 Å². The van der Waals surface area contributed by atoms with Gasteiger partial charge in [0.05, 0.1) is 17.8 Å². The standard InChI is InChI=1S/C11H10FN3O2/c1-7-9(6-11(16)17)13-14-15(7)10-5-3-2-4-8(10)12/h2-5H,6H2,1H3,(H,16,17). The first-order chi connectivity index (χ1) is 8.09. The quantitative estimate of drug-likeness (QED) is 0.871. The fraction of sp³-hybridized carbons (Fsp3) is 0.182. The summed E-state index contributed by atoms with van der Waals surface area (Å²) in [5.41, 5.74) is 1.12. The third kappa shape index (κ3) is 2.15. The zero-order valence-corrected chi connectivity index (χ0v) is 9.09. The fourth-order valence-electron chi connectivity index (χ4n) is 1.52. The molecule has 0 saturated carbocycles. The summed E-state index contributed by atoms with van der Waals surface area (Å²) in [5, 5.41) is 16.2. The highest BCUT2D eigenvalue weighted by molar-refractivity contribution is 5.69. The van der Waals surface area contributed by atoms with Crippen LogP contribution in [0.1, 0.15) is 11.4 Å². The number of carboxylic acids is 1. The van der Waals surface area contributed by atoms with Gasteiger partial charge in [0.15, 0.2) is 0 Å². The molecule has 0 aliphatic heterocycles. The lowest BCUT2D eigenvalue weighted by molar-refractivity contribution is -0.136. The van der Waals surface area contributed by atoms with Crippen molar-refractivity contribution in [2.75, 3.05) is 0 Å². The van der Waals surface area contributed by atoms with E-state index >= 15 is 0 Å². The van der Waals surface area contributed by atoms with Crippen LogP contribution in [0.15, 0.2) is 24.3 Å². The lowest BCUT2D eigenvalue weighted by Gasteiger charge is -2.04. The zero-order chi connectivity index (χ0) is 12.4. The van der Waals surface area contributed by atoms with Crippen LogP contribution in [-0.4, -0.2) is 26.1 Å². The number of carboxylic acid groups (broad SMARTS) is 1. The molecule has 0 amide bonds. The first-order valence-corrected chi connectivity index (χ1v) is 4.97. The molecule has 1 aromatic carbocycles. The largest absolute Gasteiger partial charge is 0.481 e. The second-order valence-electron chi connectivity index (χ2n) is 3.56. The highest BCUT2D eigenvalue weighted by Gasteiger charge is 2.14. The summed E-state index contributed by atoms with van der Waals surface area (Å²) in [4.78, 5) is 10.6. The topological polar surface area (TPSA) is 68.0 Å². The highest BCUT2D eigenvalue weighted by Crippen LogP contribution is 2.15. The summed E-state index contributed by atoms with van der Waals surface area (Å²) in [5.74, 6) is -1.42. The Hall–Kier alpha value is -2.24. The summed E-state index contributed by atoms with van der Waals surface area (Å²) in [7, 11) is 0. The Morgan fingerprint density at radius 2 is 2.18 bits per heavy atom. The maximum absolute atomic E-state index is 13.5. The molecule has 1 heterocycles. The van der Waals surface area contributed by atoms with Crippen LogP contribution in [0.2, 0.25) is 0 Å². The minimum Gasteiger partial charge on any atom is -0.481 e. The van der Waals surface area contributed by atoms with Gasteiger partial charge in [0.2, 0.25) is 0 Å². The van der Waals surface area contributed by atoms with Gasteiger partial charge in [-0.05, 0) is 19.1 Å². The minimum absolute atomic E-state index is 0.222. The number of para-hydroxylation sites is 1. The molecule has 1 N–H and O–H groups in total. The lowest BCUT2D eigenvalue weighted by atomic mass is 10.2. The van der Waals surface area contributed by atoms with E-state index in [-0.39, 0.29) is 12.1 Å². The predicted molar refractivity (Wildman–Crippen MR) is 57.4 cm³/mol. The average molecular weight is 235 g/mol. The van der Waals surface area contributed by atoms with Crippen LogP contribution >= 0.6 is 0 Å². The monoisotopic (exact) mass is 235 g/mol. The number of aliphatic carboxylic acids is 1. The Labute approximate surface area is 96.5 Å². The van der Waals surface area contributed by atoms with Gasteiger partial charge in [-0.2, -0.15) is 0 Å². The zero-order valence-electron chi connectivity index (χ0n) is 9.09. The molecule has 17 heavy (non-hydrogen) atoms. The molecule has 2 rings (SSSR count). The average Bonchev–Trinajstić information content (AvgIpc) is 2.61. The molecule has 0 bridgehead atoms. The molecule has 0 spiro atoms. The van der Waals surface area contributed by atoms with Crippen LogP contribution in [0, 0.1) is 12.7 Å². The van der Waals surface area contributed by atoms with E-state index in [1.165, 1.54) is 10.7 Å². The van der Waals surface area contributed by atoms with Crippen molar-refractivity contribution in [3.05, 3.63) is 41.5 Å². The van der Waals surface area contributed by atoms with Crippen molar-refractivity contribution in [2.24, 2.45) is 0 Å². The molecule has 5 nitrogen and oxygen atoms in total. The summed E-state index contributed by atoms with van der Waals surface area (Å²) in [6.07, 6.45) is -0.222. The van der Waals surface area contributed by atoms with Gasteiger partial charge in [-0.15, -0.1) is 5.10 Å². The normalized spacial score (nSPS) is 10.5. The maximum Gasteiger partial charge on any atom is 0.309 e. The number of rotatable bonds is 3. The van der Waals surface area contributed by atoms with Crippen LogP contribution in [0.25, 0.3) is 5.69 Å². The van der Waals surface area contributed by atoms with E-state index in [0.717, 1.165) is 0 Å². The smallest absolute Gasteiger partial charge is 0.309 e. The maximum atomic E-state index is 13.5. The molecule has 6 heteroatoms. The van der Waals surface area contributed by atoms with E-state index in [4.69, 9.17) is 5.11 Å². The Morgan fingerprint density at radius 3 is 2.82 bits per heavy atom. The number of carbonyl (C=O) groups is 1. The summed E-state index contributed by atoms with van der Waals surface area (Å²) < 4.78 is 14.8. The Morgan fingerprint density at radius 1 is 1.47 bits per heavy atom. The van der Waals surface area contributed by atoms with Gasteiger partial charge >= 0.3 is 5.97 Å². The third-order valence-electron chi connectivity index (χ3n) is 2.39. The number of halogens is 1. The van der Waals surface area contributed by atoms with E-state index < -0.39 is 11.8 Å². The van der Waals surface area contributed by atoms with Crippen molar-refractivity contribution < 1.29 is 14.3 Å². The van der Waals surface area contributed by atoms with Gasteiger partial charge in [-0.25, -0.2) is 9.07 Å². The van der Waals surface area contributed by atoms with Gasteiger partial charge in [0.25, 0.3) is 0 Å². The van der Waals surface area contributed by atoms with Gasteiger partial charge in [-0.1, -0.05) is 17.3 Å². The molecule has 1 aromatic heterocycles. The first kappa shape index (κ1) is 11.3. The van der Waals surface area contributed by atoms with Crippen molar-refractivity contribution in [3.63, 3.8) is 0 Å². The van der Waals surface area contributed by atoms with Gasteiger partial charge < -0.3 is 5.11 Å². The van der Waals surface area contributed by atoms with Gasteiger partial charge in [0.1, 0.15) is 11.5 Å². The minimum atomic E-state index is -0.992. The molecule has 0 unspecified atom stereocenters.